The molecule has 0 bridgehead atoms. The first-order valence-electron chi connectivity index (χ1n) is 21.9. The first kappa shape index (κ1) is 39.9. The van der Waals surface area contributed by atoms with E-state index in [0.717, 1.165) is 87.0 Å². The van der Waals surface area contributed by atoms with E-state index in [4.69, 9.17) is 4.74 Å². The second kappa shape index (κ2) is 15.6. The van der Waals surface area contributed by atoms with Gasteiger partial charge < -0.3 is 29.4 Å². The molecule has 0 atom stereocenters. The summed E-state index contributed by atoms with van der Waals surface area (Å²) in [7, 11) is 3.55. The fourth-order valence-corrected chi connectivity index (χ4v) is 10.6. The number of nitrogens with zero attached hydrogens (tertiary/aromatic N) is 11. The highest BCUT2D eigenvalue weighted by Crippen LogP contribution is 2.43. The summed E-state index contributed by atoms with van der Waals surface area (Å²) >= 11 is 0. The number of carbonyl (C=O) groups is 3. The fourth-order valence-electron chi connectivity index (χ4n) is 10.6. The number of hydrogen-bond acceptors (Lipinski definition) is 12. The summed E-state index contributed by atoms with van der Waals surface area (Å²) in [6.07, 6.45) is 8.74. The molecule has 0 aliphatic carbocycles. The first-order chi connectivity index (χ1) is 30.0. The number of phenols is 1. The van der Waals surface area contributed by atoms with Gasteiger partial charge in [-0.2, -0.15) is 19.9 Å². The van der Waals surface area contributed by atoms with Crippen LogP contribution < -0.4 is 25.2 Å². The van der Waals surface area contributed by atoms with Crippen molar-refractivity contribution in [3.05, 3.63) is 77.5 Å². The van der Waals surface area contributed by atoms with Gasteiger partial charge in [-0.05, 0) is 68.5 Å². The van der Waals surface area contributed by atoms with Crippen molar-refractivity contribution in [2.24, 2.45) is 25.4 Å². The number of imidazole rings is 1. The molecule has 0 radical (unpaired) electrons. The SMILES string of the molecule is Cn1ccc(OC2(C(=O)N3CC4(CN(CCC5CCN(c6cccc7c6n(C)c(=O)n7N6C(=O)CCCC6=O)CC5)C4)C3)CCN(c3cnnc(-c4ccccc4O)c3)CC2)n1. The van der Waals surface area contributed by atoms with Crippen LogP contribution in [0.2, 0.25) is 0 Å². The number of phenolic OH excluding ortho intramolecular Hbond substituents is 1. The Bertz CT molecular complexity index is 2570. The van der Waals surface area contributed by atoms with Crippen molar-refractivity contribution in [3.63, 3.8) is 0 Å². The molecular weight excluding hydrogens is 791 g/mol. The molecule has 17 nitrogen and oxygen atoms in total. The minimum atomic E-state index is -1.03. The molecule has 10 rings (SSSR count). The number of ether oxygens (including phenoxy) is 1. The van der Waals surface area contributed by atoms with E-state index in [0.29, 0.717) is 60.9 Å². The van der Waals surface area contributed by atoms with Crippen LogP contribution in [-0.4, -0.2) is 126 Å². The van der Waals surface area contributed by atoms with E-state index in [2.05, 4.69) is 30.0 Å². The number of aromatic nitrogens is 6. The number of piperidine rings is 3. The minimum absolute atomic E-state index is 0.0298. The number of para-hydroxylation sites is 2. The van der Waals surface area contributed by atoms with Gasteiger partial charge in [-0.15, -0.1) is 5.10 Å². The van der Waals surface area contributed by atoms with E-state index in [1.165, 1.54) is 4.68 Å². The highest BCUT2D eigenvalue weighted by atomic mass is 16.5. The third-order valence-corrected chi connectivity index (χ3v) is 13.9. The van der Waals surface area contributed by atoms with Gasteiger partial charge >= 0.3 is 5.69 Å². The Labute approximate surface area is 359 Å². The molecule has 1 N–H and O–H groups in total. The number of amides is 3. The Kier molecular flexibility index (Phi) is 10.0. The van der Waals surface area contributed by atoms with Crippen LogP contribution in [0.4, 0.5) is 11.4 Å². The van der Waals surface area contributed by atoms with E-state index in [1.54, 1.807) is 34.6 Å². The number of fused-ring (bicyclic) bond motifs is 1. The molecule has 324 valence electrons. The normalized spacial score (nSPS) is 20.5. The number of hydrogen-bond donors (Lipinski definition) is 1. The highest BCUT2D eigenvalue weighted by Gasteiger charge is 2.57. The number of rotatable bonds is 10. The number of aromatic hydroxyl groups is 1. The van der Waals surface area contributed by atoms with Gasteiger partial charge in [0.1, 0.15) is 5.75 Å². The Morgan fingerprint density at radius 1 is 0.887 bits per heavy atom. The molecule has 8 heterocycles. The van der Waals surface area contributed by atoms with Crippen LogP contribution in [-0.2, 0) is 28.5 Å². The third kappa shape index (κ3) is 7.05. The first-order valence-corrected chi connectivity index (χ1v) is 21.9. The van der Waals surface area contributed by atoms with E-state index in [1.807, 2.05) is 60.6 Å². The van der Waals surface area contributed by atoms with Crippen LogP contribution in [0.5, 0.6) is 11.6 Å². The number of likely N-dealkylation sites (tertiary alicyclic amines) is 2. The van der Waals surface area contributed by atoms with Crippen molar-refractivity contribution in [1.29, 1.82) is 0 Å². The third-order valence-electron chi connectivity index (χ3n) is 13.9. The molecule has 62 heavy (non-hydrogen) atoms. The smallest absolute Gasteiger partial charge is 0.348 e. The second-order valence-electron chi connectivity index (χ2n) is 18.1. The molecule has 5 aliphatic heterocycles. The van der Waals surface area contributed by atoms with Crippen molar-refractivity contribution in [2.75, 3.05) is 73.7 Å². The molecule has 0 saturated carbocycles. The summed E-state index contributed by atoms with van der Waals surface area (Å²) in [4.78, 5) is 62.5. The maximum absolute atomic E-state index is 14.4. The topological polar surface area (TPSA) is 167 Å². The zero-order valence-corrected chi connectivity index (χ0v) is 35.4. The average molecular weight is 844 g/mol. The van der Waals surface area contributed by atoms with Crippen molar-refractivity contribution >= 4 is 40.1 Å². The molecular formula is C45H53N11O6. The predicted molar refractivity (Wildman–Crippen MR) is 231 cm³/mol. The lowest BCUT2D eigenvalue weighted by Gasteiger charge is -2.61. The van der Waals surface area contributed by atoms with Crippen molar-refractivity contribution in [2.45, 2.75) is 57.0 Å². The van der Waals surface area contributed by atoms with Crippen LogP contribution in [0.15, 0.2) is 71.8 Å². The second-order valence-corrected chi connectivity index (χ2v) is 18.1. The van der Waals surface area contributed by atoms with Crippen LogP contribution in [0.3, 0.4) is 0 Å². The molecule has 5 fully saturated rings. The number of carbonyl (C=O) groups excluding carboxylic acids is 3. The zero-order valence-electron chi connectivity index (χ0n) is 35.4. The summed E-state index contributed by atoms with van der Waals surface area (Å²) in [6.45, 7) is 7.36. The van der Waals surface area contributed by atoms with Crippen LogP contribution in [0, 0.1) is 11.3 Å². The largest absolute Gasteiger partial charge is 0.507 e. The van der Waals surface area contributed by atoms with E-state index >= 15 is 0 Å². The van der Waals surface area contributed by atoms with Crippen LogP contribution >= 0.6 is 0 Å². The number of aryl methyl sites for hydroxylation is 2. The molecule has 5 aromatic rings. The molecule has 17 heteroatoms. The molecule has 2 aromatic carbocycles. The molecule has 5 saturated heterocycles. The number of benzene rings is 2. The van der Waals surface area contributed by atoms with Crippen molar-refractivity contribution in [1.82, 2.24) is 39.0 Å². The predicted octanol–water partition coefficient (Wildman–Crippen LogP) is 3.28. The van der Waals surface area contributed by atoms with E-state index in [-0.39, 0.29) is 41.7 Å². The van der Waals surface area contributed by atoms with Gasteiger partial charge in [0.05, 0.1) is 34.3 Å². The minimum Gasteiger partial charge on any atom is -0.507 e. The standard InChI is InChI=1S/C45H53N11O6/c1-49-19-16-38(48-49)62-45(17-23-52(24-18-45)32-25-34(47-46-26-32)33-7-3-4-10-37(33)57)42(60)54-29-44(30-54)27-51(28-44)20-13-31-14-21-53(22-15-31)35-8-5-9-36-41(35)50(2)43(61)55(36)56-39(58)11-6-12-40(56)59/h3-5,7-10,16,19,25-26,31,57H,6,11-15,17-18,20-24,27-30H2,1-2H3. The lowest BCUT2D eigenvalue weighted by Crippen LogP contribution is -2.75. The van der Waals surface area contributed by atoms with Crippen molar-refractivity contribution < 1.29 is 24.2 Å². The van der Waals surface area contributed by atoms with Gasteiger partial charge in [-0.3, -0.25) is 23.6 Å². The van der Waals surface area contributed by atoms with Gasteiger partial charge in [-0.25, -0.2) is 4.79 Å². The summed E-state index contributed by atoms with van der Waals surface area (Å²) in [6, 6.07) is 16.6. The quantitative estimate of drug-likeness (QED) is 0.204. The fraction of sp³-hybridized carbons (Fsp3) is 0.489. The van der Waals surface area contributed by atoms with E-state index in [9.17, 15) is 24.3 Å². The van der Waals surface area contributed by atoms with Crippen LogP contribution in [0.1, 0.15) is 51.4 Å². The molecule has 5 aliphatic rings. The van der Waals surface area contributed by atoms with Crippen LogP contribution in [0.25, 0.3) is 22.3 Å². The Balaban J connectivity index is 0.728. The molecule has 3 aromatic heterocycles. The Hall–Kier alpha value is -6.23. The Morgan fingerprint density at radius 3 is 2.34 bits per heavy atom. The van der Waals surface area contributed by atoms with Crippen molar-refractivity contribution in [3.8, 4) is 22.9 Å². The molecule has 1 spiro atoms. The Morgan fingerprint density at radius 2 is 1.63 bits per heavy atom. The van der Waals surface area contributed by atoms with E-state index < -0.39 is 11.3 Å². The summed E-state index contributed by atoms with van der Waals surface area (Å²) < 4.78 is 11.1. The van der Waals surface area contributed by atoms with Gasteiger partial charge in [0, 0.05) is 115 Å². The maximum Gasteiger partial charge on any atom is 0.348 e. The average Bonchev–Trinajstić information content (AvgIpc) is 3.77. The van der Waals surface area contributed by atoms with Gasteiger partial charge in [-0.1, -0.05) is 18.2 Å². The van der Waals surface area contributed by atoms with Gasteiger partial charge in [0.2, 0.25) is 17.7 Å². The molecule has 0 unspecified atom stereocenters. The summed E-state index contributed by atoms with van der Waals surface area (Å²) in [5.74, 6) is 0.535. The lowest BCUT2D eigenvalue weighted by molar-refractivity contribution is -0.176. The van der Waals surface area contributed by atoms with Gasteiger partial charge in [0.25, 0.3) is 5.91 Å². The summed E-state index contributed by atoms with van der Waals surface area (Å²) in [5.41, 5.74) is 3.06. The number of imide groups is 1. The monoisotopic (exact) mass is 843 g/mol. The lowest BCUT2D eigenvalue weighted by atomic mass is 9.71. The maximum atomic E-state index is 14.4. The highest BCUT2D eigenvalue weighted by molar-refractivity contribution is 6.11. The molecule has 3 amide bonds. The number of anilines is 2. The summed E-state index contributed by atoms with van der Waals surface area (Å²) in [5, 5.41) is 24.4. The van der Waals surface area contributed by atoms with Gasteiger partial charge in [0.15, 0.2) is 5.60 Å². The zero-order chi connectivity index (χ0) is 42.8.